The van der Waals surface area contributed by atoms with Gasteiger partial charge in [0.05, 0.1) is 11.2 Å². The van der Waals surface area contributed by atoms with Gasteiger partial charge in [-0.1, -0.05) is 19.3 Å². The molecule has 0 unspecified atom stereocenters. The standard InChI is InChI=1S/C14H27NO4S/c1-13(2,12(16)17)14(3,4)15-20(18,19)10-11-8-6-5-7-9-11/h11,15H,5-10H2,1-4H3,(H,16,17). The van der Waals surface area contributed by atoms with Gasteiger partial charge < -0.3 is 5.11 Å². The van der Waals surface area contributed by atoms with Crippen molar-refractivity contribution >= 4 is 16.0 Å². The van der Waals surface area contributed by atoms with Gasteiger partial charge in [-0.3, -0.25) is 4.79 Å². The van der Waals surface area contributed by atoms with Gasteiger partial charge in [-0.25, -0.2) is 13.1 Å². The van der Waals surface area contributed by atoms with Crippen LogP contribution in [0.15, 0.2) is 0 Å². The monoisotopic (exact) mass is 305 g/mol. The van der Waals surface area contributed by atoms with E-state index in [4.69, 9.17) is 0 Å². The first-order valence-electron chi connectivity index (χ1n) is 7.23. The Labute approximate surface area is 122 Å². The Balaban J connectivity index is 2.76. The maximum absolute atomic E-state index is 12.3. The van der Waals surface area contributed by atoms with Gasteiger partial charge >= 0.3 is 5.97 Å². The van der Waals surface area contributed by atoms with Crippen LogP contribution in [0.5, 0.6) is 0 Å². The largest absolute Gasteiger partial charge is 0.481 e. The average Bonchev–Trinajstić information content (AvgIpc) is 2.27. The van der Waals surface area contributed by atoms with Gasteiger partial charge in [0, 0.05) is 5.54 Å². The van der Waals surface area contributed by atoms with Crippen molar-refractivity contribution in [3.8, 4) is 0 Å². The third-order valence-electron chi connectivity index (χ3n) is 4.69. The smallest absolute Gasteiger partial charge is 0.310 e. The highest BCUT2D eigenvalue weighted by Crippen LogP contribution is 2.32. The summed E-state index contributed by atoms with van der Waals surface area (Å²) in [5, 5.41) is 9.26. The van der Waals surface area contributed by atoms with Crippen LogP contribution in [0.1, 0.15) is 59.8 Å². The Morgan fingerprint density at radius 3 is 2.10 bits per heavy atom. The van der Waals surface area contributed by atoms with Gasteiger partial charge in [0.25, 0.3) is 0 Å². The fraction of sp³-hybridized carbons (Fsp3) is 0.929. The Hall–Kier alpha value is -0.620. The molecule has 0 bridgehead atoms. The summed E-state index contributed by atoms with van der Waals surface area (Å²) in [6.45, 7) is 6.33. The van der Waals surface area contributed by atoms with Crippen LogP contribution in [0, 0.1) is 11.3 Å². The van der Waals surface area contributed by atoms with Crippen molar-refractivity contribution in [2.75, 3.05) is 5.75 Å². The molecule has 6 heteroatoms. The van der Waals surface area contributed by atoms with Crippen LogP contribution < -0.4 is 4.72 Å². The van der Waals surface area contributed by atoms with E-state index in [-0.39, 0.29) is 11.7 Å². The second-order valence-corrected chi connectivity index (χ2v) is 8.71. The molecule has 20 heavy (non-hydrogen) atoms. The Kier molecular flexibility index (Phi) is 5.24. The summed E-state index contributed by atoms with van der Waals surface area (Å²) >= 11 is 0. The molecule has 0 aromatic carbocycles. The molecule has 118 valence electrons. The molecule has 1 aliphatic carbocycles. The average molecular weight is 305 g/mol. The lowest BCUT2D eigenvalue weighted by atomic mass is 9.75. The third kappa shape index (κ3) is 4.19. The van der Waals surface area contributed by atoms with E-state index in [9.17, 15) is 18.3 Å². The van der Waals surface area contributed by atoms with Crippen molar-refractivity contribution in [2.24, 2.45) is 11.3 Å². The first-order valence-corrected chi connectivity index (χ1v) is 8.88. The molecular formula is C14H27NO4S. The number of carboxylic acids is 1. The maximum Gasteiger partial charge on any atom is 0.310 e. The maximum atomic E-state index is 12.3. The predicted molar refractivity (Wildman–Crippen MR) is 79.0 cm³/mol. The van der Waals surface area contributed by atoms with Crippen LogP contribution >= 0.6 is 0 Å². The number of sulfonamides is 1. The molecule has 0 aromatic rings. The second-order valence-electron chi connectivity index (χ2n) is 6.94. The number of rotatable bonds is 6. The van der Waals surface area contributed by atoms with E-state index in [1.807, 2.05) is 0 Å². The molecule has 1 rings (SSSR count). The normalized spacial score (nSPS) is 19.0. The van der Waals surface area contributed by atoms with Gasteiger partial charge in [-0.05, 0) is 46.5 Å². The van der Waals surface area contributed by atoms with E-state index in [0.29, 0.717) is 0 Å². The van der Waals surface area contributed by atoms with Crippen molar-refractivity contribution in [3.05, 3.63) is 0 Å². The molecule has 1 saturated carbocycles. The quantitative estimate of drug-likeness (QED) is 0.789. The zero-order valence-corrected chi connectivity index (χ0v) is 13.7. The summed E-state index contributed by atoms with van der Waals surface area (Å²) in [5.74, 6) is -0.709. The molecule has 0 spiro atoms. The van der Waals surface area contributed by atoms with Crippen molar-refractivity contribution in [2.45, 2.75) is 65.3 Å². The molecule has 0 aromatic heterocycles. The Morgan fingerprint density at radius 1 is 1.15 bits per heavy atom. The van der Waals surface area contributed by atoms with Crippen molar-refractivity contribution < 1.29 is 18.3 Å². The summed E-state index contributed by atoms with van der Waals surface area (Å²) in [5.41, 5.74) is -2.21. The fourth-order valence-corrected chi connectivity index (χ4v) is 4.56. The topological polar surface area (TPSA) is 83.5 Å². The molecule has 0 atom stereocenters. The lowest BCUT2D eigenvalue weighted by Gasteiger charge is -2.38. The van der Waals surface area contributed by atoms with Crippen molar-refractivity contribution in [1.29, 1.82) is 0 Å². The minimum Gasteiger partial charge on any atom is -0.481 e. The van der Waals surface area contributed by atoms with Gasteiger partial charge in [-0.15, -0.1) is 0 Å². The van der Waals surface area contributed by atoms with E-state index in [0.717, 1.165) is 25.7 Å². The predicted octanol–water partition coefficient (Wildman–Crippen LogP) is 2.38. The number of hydrogen-bond acceptors (Lipinski definition) is 3. The first-order chi connectivity index (χ1) is 8.98. The molecular weight excluding hydrogens is 278 g/mol. The molecule has 5 nitrogen and oxygen atoms in total. The summed E-state index contributed by atoms with van der Waals surface area (Å²) in [6, 6.07) is 0. The van der Waals surface area contributed by atoms with E-state index >= 15 is 0 Å². The molecule has 0 heterocycles. The summed E-state index contributed by atoms with van der Waals surface area (Å²) < 4.78 is 27.2. The Morgan fingerprint density at radius 2 is 1.65 bits per heavy atom. The molecule has 0 saturated heterocycles. The zero-order chi connectivity index (χ0) is 15.6. The minimum absolute atomic E-state index is 0.103. The van der Waals surface area contributed by atoms with E-state index in [2.05, 4.69) is 4.72 Å². The van der Waals surface area contributed by atoms with Crippen LogP contribution in [-0.4, -0.2) is 30.8 Å². The highest BCUT2D eigenvalue weighted by molar-refractivity contribution is 7.89. The molecule has 0 radical (unpaired) electrons. The van der Waals surface area contributed by atoms with Crippen molar-refractivity contribution in [1.82, 2.24) is 4.72 Å². The zero-order valence-electron chi connectivity index (χ0n) is 12.9. The number of carbonyl (C=O) groups is 1. The lowest BCUT2D eigenvalue weighted by molar-refractivity contribution is -0.150. The number of hydrogen-bond donors (Lipinski definition) is 2. The highest BCUT2D eigenvalue weighted by atomic mass is 32.2. The van der Waals surface area contributed by atoms with Gasteiger partial charge in [0.1, 0.15) is 0 Å². The summed E-state index contributed by atoms with van der Waals surface area (Å²) in [7, 11) is -3.47. The highest BCUT2D eigenvalue weighted by Gasteiger charge is 2.45. The first kappa shape index (κ1) is 17.4. The molecule has 0 aliphatic heterocycles. The summed E-state index contributed by atoms with van der Waals surface area (Å²) in [6.07, 6.45) is 5.25. The van der Waals surface area contributed by atoms with Crippen LogP contribution in [-0.2, 0) is 14.8 Å². The van der Waals surface area contributed by atoms with E-state index in [1.54, 1.807) is 27.7 Å². The van der Waals surface area contributed by atoms with Gasteiger partial charge in [-0.2, -0.15) is 0 Å². The molecule has 2 N–H and O–H groups in total. The minimum atomic E-state index is -3.47. The number of nitrogens with one attached hydrogen (secondary N) is 1. The third-order valence-corrected chi connectivity index (χ3v) is 6.42. The van der Waals surface area contributed by atoms with E-state index < -0.39 is 26.9 Å². The number of carboxylic acid groups (broad SMARTS) is 1. The van der Waals surface area contributed by atoms with Crippen LogP contribution in [0.3, 0.4) is 0 Å². The Bertz CT molecular complexity index is 448. The van der Waals surface area contributed by atoms with E-state index in [1.165, 1.54) is 6.42 Å². The van der Waals surface area contributed by atoms with Crippen LogP contribution in [0.4, 0.5) is 0 Å². The van der Waals surface area contributed by atoms with Crippen molar-refractivity contribution in [3.63, 3.8) is 0 Å². The molecule has 1 fully saturated rings. The molecule has 1 aliphatic rings. The number of aliphatic carboxylic acids is 1. The van der Waals surface area contributed by atoms with Crippen LogP contribution in [0.2, 0.25) is 0 Å². The van der Waals surface area contributed by atoms with Gasteiger partial charge in [0.2, 0.25) is 10.0 Å². The molecule has 0 amide bonds. The SMILES string of the molecule is CC(C)(NS(=O)(=O)CC1CCCCC1)C(C)(C)C(=O)O. The fourth-order valence-electron chi connectivity index (χ4n) is 2.49. The second kappa shape index (κ2) is 6.02. The summed E-state index contributed by atoms with van der Waals surface area (Å²) in [4.78, 5) is 11.3. The van der Waals surface area contributed by atoms with Crippen LogP contribution in [0.25, 0.3) is 0 Å². The van der Waals surface area contributed by atoms with Gasteiger partial charge in [0.15, 0.2) is 0 Å². The lowest BCUT2D eigenvalue weighted by Crippen LogP contribution is -2.57.